The number of carbonyl (C=O) groups excluding carboxylic acids is 1. The third-order valence-electron chi connectivity index (χ3n) is 17.2. The van der Waals surface area contributed by atoms with Crippen molar-refractivity contribution in [2.24, 2.45) is 11.3 Å². The highest BCUT2D eigenvalue weighted by molar-refractivity contribution is 7.90. The highest BCUT2D eigenvalue weighted by atomic mass is 32.2. The number of aromatic nitrogens is 2. The zero-order valence-electron chi connectivity index (χ0n) is 44.1. The van der Waals surface area contributed by atoms with E-state index >= 15 is 0 Å². The van der Waals surface area contributed by atoms with Crippen molar-refractivity contribution in [1.82, 2.24) is 24.5 Å². The van der Waals surface area contributed by atoms with E-state index in [-0.39, 0.29) is 45.5 Å². The van der Waals surface area contributed by atoms with Gasteiger partial charge in [-0.1, -0.05) is 50.2 Å². The predicted octanol–water partition coefficient (Wildman–Crippen LogP) is 10.6. The van der Waals surface area contributed by atoms with Crippen LogP contribution < -0.4 is 24.4 Å². The number of nitro groups is 1. The second kappa shape index (κ2) is 21.3. The van der Waals surface area contributed by atoms with Gasteiger partial charge in [0.25, 0.3) is 21.6 Å². The Kier molecular flexibility index (Phi) is 14.5. The molecule has 5 aliphatic rings. The molecule has 6 aromatic rings. The maximum atomic E-state index is 14.8. The number of hydrogen-bond acceptors (Lipinski definition) is 13. The Morgan fingerprint density at radius 2 is 1.79 bits per heavy atom. The van der Waals surface area contributed by atoms with Gasteiger partial charge in [-0.25, -0.2) is 22.5 Å². The monoisotopic (exact) mass is 1070 g/mol. The largest absolute Gasteiger partial charge is 0.493 e. The molecule has 2 saturated heterocycles. The Labute approximate surface area is 449 Å². The highest BCUT2D eigenvalue weighted by Gasteiger charge is 2.50. The van der Waals surface area contributed by atoms with E-state index in [4.69, 9.17) is 9.47 Å². The molecule has 5 heterocycles. The molecule has 0 bridgehead atoms. The number of fused-ring (bicyclic) bond motifs is 2. The van der Waals surface area contributed by atoms with E-state index in [9.17, 15) is 32.8 Å². The summed E-state index contributed by atoms with van der Waals surface area (Å²) in [6.45, 7) is 12.9. The Morgan fingerprint density at radius 1 is 1.00 bits per heavy atom. The van der Waals surface area contributed by atoms with Crippen LogP contribution in [0.25, 0.3) is 11.0 Å². The van der Waals surface area contributed by atoms with Crippen LogP contribution in [0.5, 0.6) is 17.2 Å². The van der Waals surface area contributed by atoms with E-state index in [1.807, 2.05) is 0 Å². The molecule has 0 radical (unpaired) electrons. The predicted molar refractivity (Wildman–Crippen MR) is 294 cm³/mol. The van der Waals surface area contributed by atoms with Crippen molar-refractivity contribution in [2.45, 2.75) is 120 Å². The van der Waals surface area contributed by atoms with Crippen LogP contribution in [-0.4, -0.2) is 102 Å². The average molecular weight is 1070 g/mol. The van der Waals surface area contributed by atoms with Gasteiger partial charge in [0.15, 0.2) is 0 Å². The third kappa shape index (κ3) is 11.3. The second-order valence-corrected chi connectivity index (χ2v) is 24.6. The maximum Gasteiger partial charge on any atom is 0.293 e. The second-order valence-electron chi connectivity index (χ2n) is 22.9. The van der Waals surface area contributed by atoms with Crippen LogP contribution in [0.3, 0.4) is 0 Å². The Morgan fingerprint density at radius 3 is 2.57 bits per heavy atom. The van der Waals surface area contributed by atoms with Crippen LogP contribution in [0.4, 0.5) is 21.5 Å². The fraction of sp³-hybridized carbons (Fsp3) is 0.458. The summed E-state index contributed by atoms with van der Waals surface area (Å²) < 4.78 is 57.0. The number of piperazine rings is 1. The molecule has 2 aliphatic carbocycles. The first kappa shape index (κ1) is 52.5. The summed E-state index contributed by atoms with van der Waals surface area (Å²) in [5.74, 6) is 0.216. The molecule has 1 amide bonds. The van der Waals surface area contributed by atoms with E-state index in [1.165, 1.54) is 58.9 Å². The smallest absolute Gasteiger partial charge is 0.293 e. The Bertz CT molecular complexity index is 3290. The van der Waals surface area contributed by atoms with E-state index in [0.29, 0.717) is 37.0 Å². The number of nitrogens with zero attached hydrogens (tertiary/aromatic N) is 5. The molecule has 4 aromatic carbocycles. The molecule has 11 rings (SSSR count). The van der Waals surface area contributed by atoms with Gasteiger partial charge in [-0.3, -0.25) is 24.7 Å². The molecule has 406 valence electrons. The number of halogens is 1. The number of amides is 1. The molecule has 2 aromatic heterocycles. The number of pyridine rings is 1. The van der Waals surface area contributed by atoms with Gasteiger partial charge in [-0.15, -0.1) is 0 Å². The summed E-state index contributed by atoms with van der Waals surface area (Å²) in [5, 5.41) is 25.9. The number of aryl methyl sites for hydroxylation is 1. The molecule has 1 spiro atoms. The number of rotatable bonds is 15. The molecule has 1 atom stereocenters. The van der Waals surface area contributed by atoms with Crippen LogP contribution in [0.2, 0.25) is 0 Å². The van der Waals surface area contributed by atoms with Gasteiger partial charge in [-0.2, -0.15) is 0 Å². The van der Waals surface area contributed by atoms with Gasteiger partial charge in [0, 0.05) is 81.9 Å². The minimum atomic E-state index is -4.64. The van der Waals surface area contributed by atoms with Gasteiger partial charge < -0.3 is 29.8 Å². The first-order valence-electron chi connectivity index (χ1n) is 27.3. The minimum absolute atomic E-state index is 0.0258. The fourth-order valence-electron chi connectivity index (χ4n) is 12.7. The number of H-pyrrole nitrogens is 1. The lowest BCUT2D eigenvalue weighted by atomic mass is 9.59. The van der Waals surface area contributed by atoms with Crippen molar-refractivity contribution in [3.05, 3.63) is 141 Å². The SMILES string of the molecule is CC(C)c1ccccc1[C@@H]1CN(Cc2ccc3c(c2)OCCC3)CCN1C1CC2(CCN(c3ccc(C(=O)NS(=O)(=O)c4ccc(NCC5CCC(C)(O)CC5)c([N+](=O)[O-])c4)c(Oc4cnc5[nH]cc(F)c5c4)c3)CC2)C1. The summed E-state index contributed by atoms with van der Waals surface area (Å²) in [4.78, 5) is 40.0. The summed E-state index contributed by atoms with van der Waals surface area (Å²) in [5.41, 5.74) is 5.55. The van der Waals surface area contributed by atoms with Crippen LogP contribution in [0.1, 0.15) is 123 Å². The summed E-state index contributed by atoms with van der Waals surface area (Å²) in [7, 11) is -4.64. The van der Waals surface area contributed by atoms with Gasteiger partial charge in [0.1, 0.15) is 34.4 Å². The first-order chi connectivity index (χ1) is 37.0. The van der Waals surface area contributed by atoms with Gasteiger partial charge in [0.2, 0.25) is 0 Å². The highest BCUT2D eigenvalue weighted by Crippen LogP contribution is 2.53. The van der Waals surface area contributed by atoms with Crippen LogP contribution >= 0.6 is 0 Å². The quantitative estimate of drug-likeness (QED) is 0.0561. The number of carbonyl (C=O) groups is 1. The van der Waals surface area contributed by atoms with Crippen molar-refractivity contribution in [1.29, 1.82) is 0 Å². The number of ether oxygens (including phenoxy) is 2. The van der Waals surface area contributed by atoms with E-state index in [1.54, 1.807) is 19.1 Å². The number of hydrogen-bond donors (Lipinski definition) is 4. The molecule has 4 fully saturated rings. The number of piperidine rings is 1. The van der Waals surface area contributed by atoms with Crippen LogP contribution in [0.15, 0.2) is 102 Å². The van der Waals surface area contributed by atoms with Crippen LogP contribution in [-0.2, 0) is 23.0 Å². The van der Waals surface area contributed by atoms with E-state index < -0.39 is 42.9 Å². The first-order valence-corrected chi connectivity index (χ1v) is 28.8. The molecule has 2 saturated carbocycles. The molecule has 16 nitrogen and oxygen atoms in total. The van der Waals surface area contributed by atoms with Crippen molar-refractivity contribution in [3.63, 3.8) is 0 Å². The summed E-state index contributed by atoms with van der Waals surface area (Å²) in [6, 6.07) is 26.4. The molecule has 3 aliphatic heterocycles. The van der Waals surface area contributed by atoms with E-state index in [2.05, 4.69) is 91.0 Å². The third-order valence-corrected chi connectivity index (χ3v) is 18.6. The lowest BCUT2D eigenvalue weighted by Gasteiger charge is -2.58. The number of anilines is 2. The Balaban J connectivity index is 0.783. The topological polar surface area (TPSA) is 195 Å². The van der Waals surface area contributed by atoms with Crippen LogP contribution in [0, 0.1) is 27.3 Å². The van der Waals surface area contributed by atoms with Gasteiger partial charge in [0.05, 0.1) is 39.2 Å². The Hall–Kier alpha value is -6.60. The number of aromatic amines is 1. The van der Waals surface area contributed by atoms with Gasteiger partial charge in [-0.05, 0) is 147 Å². The van der Waals surface area contributed by atoms with E-state index in [0.717, 1.165) is 115 Å². The molecule has 0 unspecified atom stereocenters. The summed E-state index contributed by atoms with van der Waals surface area (Å²) in [6.07, 6.45) is 11.6. The lowest BCUT2D eigenvalue weighted by Crippen LogP contribution is -2.60. The number of aliphatic hydroxyl groups is 1. The molecule has 4 N–H and O–H groups in total. The van der Waals surface area contributed by atoms with Crippen molar-refractivity contribution in [2.75, 3.05) is 56.1 Å². The normalized spacial score (nSPS) is 22.1. The fourth-order valence-corrected chi connectivity index (χ4v) is 13.7. The van der Waals surface area contributed by atoms with Gasteiger partial charge >= 0.3 is 0 Å². The molecule has 77 heavy (non-hydrogen) atoms. The lowest BCUT2D eigenvalue weighted by molar-refractivity contribution is -0.384. The zero-order valence-corrected chi connectivity index (χ0v) is 44.9. The molecular weight excluding hydrogens is 1000 g/mol. The van der Waals surface area contributed by atoms with Crippen molar-refractivity contribution < 1.29 is 37.1 Å². The average Bonchev–Trinajstić information content (AvgIpc) is 3.80. The number of nitrogens with one attached hydrogen (secondary N) is 3. The molecule has 18 heteroatoms. The number of nitro benzene ring substituents is 1. The molecular formula is C59H69FN8O8S. The number of sulfonamides is 1. The van der Waals surface area contributed by atoms with Crippen molar-refractivity contribution >= 4 is 44.0 Å². The summed E-state index contributed by atoms with van der Waals surface area (Å²) >= 11 is 0. The minimum Gasteiger partial charge on any atom is -0.493 e. The maximum absolute atomic E-state index is 14.8. The number of benzene rings is 4. The zero-order chi connectivity index (χ0) is 53.6. The standard InChI is InChI=1S/C59H69FN8O8S/c1-38(2)46-8-4-5-9-47(46)53-37-65(36-40-10-11-41-7-6-26-75-54(41)27-40)24-25-67(53)43-31-59(32-43)20-22-66(23-21-59)42-12-14-48(55(28-42)76-44-29-49-50(60)35-63-56(49)62-34-44)57(69)64-77(73,74)45-13-15-51(52(30-45)68(71)72)61-33-39-16-18-58(3,70)19-17-39/h4-5,8-15,27-30,34-35,38-39,43,53,61,70H,6-7,16-26,31-33,36-37H2,1-3H3,(H,62,63)(H,64,69)/t39?,53-,58?/m0/s1. The van der Waals surface area contributed by atoms with Crippen molar-refractivity contribution in [3.8, 4) is 17.2 Å².